The number of nitrogens with one attached hydrogen (secondary N) is 1. The molecule has 0 heterocycles. The van der Waals surface area contributed by atoms with Crippen molar-refractivity contribution in [3.63, 3.8) is 0 Å². The van der Waals surface area contributed by atoms with E-state index in [1.807, 2.05) is 0 Å². The van der Waals surface area contributed by atoms with Gasteiger partial charge in [0.2, 0.25) is 10.0 Å². The van der Waals surface area contributed by atoms with Crippen LogP contribution in [0.5, 0.6) is 0 Å². The molecule has 0 bridgehead atoms. The molecule has 0 aliphatic heterocycles. The monoisotopic (exact) mass is 192 g/mol. The maximum Gasteiger partial charge on any atom is 0.222 e. The Morgan fingerprint density at radius 2 is 1.83 bits per heavy atom. The first-order chi connectivity index (χ1) is 5.58. The molecule has 1 aliphatic rings. The smallest absolute Gasteiger partial charge is 0.222 e. The highest BCUT2D eigenvalue weighted by atomic mass is 32.2. The van der Waals surface area contributed by atoms with E-state index in [0.29, 0.717) is 6.04 Å². The highest BCUT2D eigenvalue weighted by molar-refractivity contribution is 7.89. The van der Waals surface area contributed by atoms with Gasteiger partial charge in [0.25, 0.3) is 0 Å². The molecule has 0 aromatic carbocycles. The second-order valence-corrected chi connectivity index (χ2v) is 4.96. The quantitative estimate of drug-likeness (QED) is 0.669. The molecule has 0 amide bonds. The third-order valence-corrected chi connectivity index (χ3v) is 2.75. The van der Waals surface area contributed by atoms with Gasteiger partial charge in [0.05, 0.1) is 0 Å². The summed E-state index contributed by atoms with van der Waals surface area (Å²) in [6.45, 7) is 0. The Morgan fingerprint density at radius 3 is 2.33 bits per heavy atom. The first-order valence-corrected chi connectivity index (χ1v) is 6.03. The van der Waals surface area contributed by atoms with Crippen molar-refractivity contribution in [2.45, 2.75) is 38.1 Å². The molecule has 1 rings (SSSR count). The van der Waals surface area contributed by atoms with E-state index in [1.165, 1.54) is 19.3 Å². The average Bonchev–Trinajstić information content (AvgIpc) is 2.02. The molecule has 4 nitrogen and oxygen atoms in total. The first kappa shape index (κ1) is 9.95. The molecule has 0 aromatic heterocycles. The summed E-state index contributed by atoms with van der Waals surface area (Å²) >= 11 is 0. The molecule has 5 heteroatoms. The van der Waals surface area contributed by atoms with E-state index in [4.69, 9.17) is 5.14 Å². The van der Waals surface area contributed by atoms with Gasteiger partial charge < -0.3 is 0 Å². The van der Waals surface area contributed by atoms with Gasteiger partial charge in [0.15, 0.2) is 0 Å². The fourth-order valence-corrected chi connectivity index (χ4v) is 2.01. The maximum absolute atomic E-state index is 10.6. The summed E-state index contributed by atoms with van der Waals surface area (Å²) in [4.78, 5) is 0. The molecule has 0 saturated heterocycles. The van der Waals surface area contributed by atoms with Gasteiger partial charge in [-0.25, -0.2) is 13.6 Å². The number of nitrogens with two attached hydrogens (primary N) is 1. The van der Waals surface area contributed by atoms with Gasteiger partial charge in [-0.05, 0) is 12.8 Å². The van der Waals surface area contributed by atoms with Gasteiger partial charge in [0, 0.05) is 6.04 Å². The normalized spacial score (nSPS) is 21.1. The van der Waals surface area contributed by atoms with E-state index >= 15 is 0 Å². The standard InChI is InChI=1S/C7H16N2O2S/c8-12(10,11)6-9-7-4-2-1-3-5-7/h7,9H,1-6H2,(H2,8,10,11). The Kier molecular flexibility index (Phi) is 3.49. The van der Waals surface area contributed by atoms with Gasteiger partial charge in [-0.1, -0.05) is 19.3 Å². The molecular weight excluding hydrogens is 176 g/mol. The Balaban J connectivity index is 2.22. The molecule has 1 saturated carbocycles. The molecule has 0 radical (unpaired) electrons. The van der Waals surface area contributed by atoms with Crippen molar-refractivity contribution in [3.8, 4) is 0 Å². The van der Waals surface area contributed by atoms with Crippen molar-refractivity contribution >= 4 is 10.0 Å². The van der Waals surface area contributed by atoms with Crippen LogP contribution in [0.25, 0.3) is 0 Å². The van der Waals surface area contributed by atoms with Crippen molar-refractivity contribution in [1.29, 1.82) is 0 Å². The van der Waals surface area contributed by atoms with Crippen molar-refractivity contribution < 1.29 is 8.42 Å². The van der Waals surface area contributed by atoms with Gasteiger partial charge >= 0.3 is 0 Å². The van der Waals surface area contributed by atoms with Crippen molar-refractivity contribution in [2.75, 3.05) is 5.88 Å². The summed E-state index contributed by atoms with van der Waals surface area (Å²) in [6, 6.07) is 0.358. The van der Waals surface area contributed by atoms with Crippen molar-refractivity contribution in [1.82, 2.24) is 5.32 Å². The van der Waals surface area contributed by atoms with Gasteiger partial charge in [-0.2, -0.15) is 0 Å². The minimum atomic E-state index is -3.33. The Bertz CT molecular complexity index is 220. The van der Waals surface area contributed by atoms with Gasteiger partial charge in [-0.15, -0.1) is 0 Å². The van der Waals surface area contributed by atoms with E-state index < -0.39 is 10.0 Å². The van der Waals surface area contributed by atoms with Crippen LogP contribution in [-0.4, -0.2) is 20.3 Å². The van der Waals surface area contributed by atoms with Crippen LogP contribution in [0, 0.1) is 0 Å². The number of hydrogen-bond acceptors (Lipinski definition) is 3. The zero-order chi connectivity index (χ0) is 9.03. The number of hydrogen-bond donors (Lipinski definition) is 2. The first-order valence-electron chi connectivity index (χ1n) is 4.32. The van der Waals surface area contributed by atoms with E-state index in [1.54, 1.807) is 0 Å². The largest absolute Gasteiger partial charge is 0.300 e. The van der Waals surface area contributed by atoms with Gasteiger partial charge in [-0.3, -0.25) is 5.32 Å². The van der Waals surface area contributed by atoms with E-state index in [0.717, 1.165) is 12.8 Å². The second kappa shape index (κ2) is 4.20. The summed E-state index contributed by atoms with van der Waals surface area (Å²) in [7, 11) is -3.33. The summed E-state index contributed by atoms with van der Waals surface area (Å²) < 4.78 is 21.2. The van der Waals surface area contributed by atoms with Crippen LogP contribution < -0.4 is 10.5 Å². The Labute approximate surface area is 73.6 Å². The molecule has 72 valence electrons. The lowest BCUT2D eigenvalue weighted by molar-refractivity contribution is 0.387. The van der Waals surface area contributed by atoms with E-state index in [2.05, 4.69) is 5.32 Å². The zero-order valence-electron chi connectivity index (χ0n) is 7.12. The van der Waals surface area contributed by atoms with Crippen LogP contribution >= 0.6 is 0 Å². The van der Waals surface area contributed by atoms with Crippen LogP contribution in [0.2, 0.25) is 0 Å². The minimum absolute atomic E-state index is 0.0856. The SMILES string of the molecule is NS(=O)(=O)CNC1CCCCC1. The molecule has 1 aliphatic carbocycles. The van der Waals surface area contributed by atoms with Crippen LogP contribution in [-0.2, 0) is 10.0 Å². The lowest BCUT2D eigenvalue weighted by atomic mass is 9.96. The highest BCUT2D eigenvalue weighted by Gasteiger charge is 2.14. The fourth-order valence-electron chi connectivity index (χ4n) is 1.54. The maximum atomic E-state index is 10.6. The number of sulfonamides is 1. The molecule has 0 unspecified atom stereocenters. The fraction of sp³-hybridized carbons (Fsp3) is 1.00. The zero-order valence-corrected chi connectivity index (χ0v) is 7.94. The number of primary sulfonamides is 1. The Morgan fingerprint density at radius 1 is 1.25 bits per heavy atom. The van der Waals surface area contributed by atoms with Crippen molar-refractivity contribution in [3.05, 3.63) is 0 Å². The van der Waals surface area contributed by atoms with E-state index in [9.17, 15) is 8.42 Å². The van der Waals surface area contributed by atoms with Crippen molar-refractivity contribution in [2.24, 2.45) is 5.14 Å². The molecule has 0 atom stereocenters. The minimum Gasteiger partial charge on any atom is -0.300 e. The lowest BCUT2D eigenvalue weighted by Gasteiger charge is -2.22. The molecule has 1 fully saturated rings. The van der Waals surface area contributed by atoms with E-state index in [-0.39, 0.29) is 5.88 Å². The van der Waals surface area contributed by atoms with Crippen LogP contribution in [0.1, 0.15) is 32.1 Å². The molecular formula is C7H16N2O2S. The van der Waals surface area contributed by atoms with Crippen LogP contribution in [0.4, 0.5) is 0 Å². The highest BCUT2D eigenvalue weighted by Crippen LogP contribution is 2.16. The second-order valence-electron chi connectivity index (χ2n) is 3.35. The molecule has 0 aromatic rings. The molecule has 12 heavy (non-hydrogen) atoms. The molecule has 3 N–H and O–H groups in total. The van der Waals surface area contributed by atoms with Gasteiger partial charge in [0.1, 0.15) is 5.88 Å². The summed E-state index contributed by atoms with van der Waals surface area (Å²) in [5.41, 5.74) is 0. The van der Waals surface area contributed by atoms with Crippen LogP contribution in [0.3, 0.4) is 0 Å². The average molecular weight is 192 g/mol. The Hall–Kier alpha value is -0.130. The lowest BCUT2D eigenvalue weighted by Crippen LogP contribution is -2.37. The summed E-state index contributed by atoms with van der Waals surface area (Å²) in [5, 5.41) is 7.81. The third-order valence-electron chi connectivity index (χ3n) is 2.18. The topological polar surface area (TPSA) is 72.2 Å². The number of rotatable bonds is 3. The predicted octanol–water partition coefficient (Wildman–Crippen LogP) is 0.155. The predicted molar refractivity (Wildman–Crippen MR) is 48.0 cm³/mol. The summed E-state index contributed by atoms with van der Waals surface area (Å²) in [6.07, 6.45) is 5.82. The summed E-state index contributed by atoms with van der Waals surface area (Å²) in [5.74, 6) is -0.0856. The molecule has 0 spiro atoms. The third kappa shape index (κ3) is 4.04. The van der Waals surface area contributed by atoms with Crippen LogP contribution in [0.15, 0.2) is 0 Å².